The maximum atomic E-state index is 12.6. The number of nitrogens with two attached hydrogens (primary N) is 1. The maximum Gasteiger partial charge on any atom is 0.314 e. The summed E-state index contributed by atoms with van der Waals surface area (Å²) in [4.78, 5) is 43.3. The Balaban J connectivity index is 0.000000405. The van der Waals surface area contributed by atoms with Gasteiger partial charge in [0.25, 0.3) is 5.91 Å². The molecule has 0 spiro atoms. The van der Waals surface area contributed by atoms with Gasteiger partial charge in [-0.05, 0) is 30.2 Å². The van der Waals surface area contributed by atoms with Crippen molar-refractivity contribution in [2.24, 2.45) is 5.73 Å². The zero-order valence-electron chi connectivity index (χ0n) is 20.5. The number of furan rings is 1. The molecule has 2 fully saturated rings. The Bertz CT molecular complexity index is 1240. The summed E-state index contributed by atoms with van der Waals surface area (Å²) in [6.45, 7) is 1.37. The highest BCUT2D eigenvalue weighted by atomic mass is 16.4. The number of piperidine rings is 1. The van der Waals surface area contributed by atoms with Crippen molar-refractivity contribution < 1.29 is 48.5 Å². The van der Waals surface area contributed by atoms with E-state index in [4.69, 9.17) is 20.4 Å². The average Bonchev–Trinajstić information content (AvgIpc) is 3.29. The van der Waals surface area contributed by atoms with Crippen LogP contribution in [0.1, 0.15) is 59.3 Å². The Labute approximate surface area is 212 Å². The summed E-state index contributed by atoms with van der Waals surface area (Å²) in [7, 11) is 2.13. The summed E-state index contributed by atoms with van der Waals surface area (Å²) >= 11 is 0. The molecule has 5 rings (SSSR count). The van der Waals surface area contributed by atoms with E-state index in [-0.39, 0.29) is 29.6 Å². The van der Waals surface area contributed by atoms with Gasteiger partial charge in [0.2, 0.25) is 0 Å². The first-order chi connectivity index (χ1) is 17.3. The molecule has 11 nitrogen and oxygen atoms in total. The standard InChI is InChI=1S/C23H26N2O5.C3H4O4/c1-25(13-16-3-2-10-30-16)9-8-22-12-15(26)6-7-23(22,29)18(25)11-14-4-5-17(21(24)28)20(27)19(14)22;4-2(5)1-3(6)7/h2-5,10,18,29H,6-9,11-13H2,1H3,(H2-,24,27,28);1H2,(H,4,5)(H,6,7)/p+1/t18-,22-,23-,25?;/m1./s1. The number of hydrogen-bond acceptors (Lipinski definition) is 7. The Hall–Kier alpha value is -3.70. The van der Waals surface area contributed by atoms with Crippen LogP contribution in [0.25, 0.3) is 0 Å². The molecule has 1 unspecified atom stereocenters. The number of likely N-dealkylation sites (tertiary alicyclic amines) is 1. The molecule has 2 heterocycles. The summed E-state index contributed by atoms with van der Waals surface area (Å²) in [5.74, 6) is -2.57. The van der Waals surface area contributed by atoms with E-state index < -0.39 is 35.3 Å². The number of likely N-dealkylation sites (N-methyl/N-ethyl adjacent to an activating group) is 1. The summed E-state index contributed by atoms with van der Waals surface area (Å²) < 4.78 is 6.21. The molecule has 198 valence electrons. The highest BCUT2D eigenvalue weighted by Crippen LogP contribution is 2.61. The average molecular weight is 516 g/mol. The monoisotopic (exact) mass is 515 g/mol. The first-order valence-electron chi connectivity index (χ1n) is 12.0. The van der Waals surface area contributed by atoms with Crippen LogP contribution in [0.2, 0.25) is 0 Å². The molecule has 1 aliphatic heterocycles. The van der Waals surface area contributed by atoms with Gasteiger partial charge in [-0.1, -0.05) is 6.07 Å². The van der Waals surface area contributed by atoms with Crippen molar-refractivity contribution in [2.45, 2.75) is 62.1 Å². The van der Waals surface area contributed by atoms with E-state index in [0.29, 0.717) is 42.3 Å². The molecular formula is C26H31N2O9+. The first-order valence-corrected chi connectivity index (χ1v) is 12.0. The van der Waals surface area contributed by atoms with Gasteiger partial charge in [-0.2, -0.15) is 0 Å². The van der Waals surface area contributed by atoms with Crippen molar-refractivity contribution in [3.8, 4) is 5.75 Å². The topological polar surface area (TPSA) is 188 Å². The molecule has 0 radical (unpaired) electrons. The van der Waals surface area contributed by atoms with E-state index in [1.807, 2.05) is 18.2 Å². The maximum absolute atomic E-state index is 12.6. The number of Topliss-reactive ketones (excluding diaryl/α,β-unsaturated/α-hetero) is 1. The minimum absolute atomic E-state index is 0.0420. The van der Waals surface area contributed by atoms with Crippen LogP contribution < -0.4 is 5.73 Å². The lowest BCUT2D eigenvalue weighted by molar-refractivity contribution is -0.961. The number of phenols is 1. The number of benzene rings is 1. The number of carboxylic acids is 2. The van der Waals surface area contributed by atoms with Gasteiger partial charge in [0, 0.05) is 36.7 Å². The Kier molecular flexibility index (Phi) is 6.63. The van der Waals surface area contributed by atoms with E-state index in [1.165, 1.54) is 0 Å². The molecule has 1 amide bonds. The quantitative estimate of drug-likeness (QED) is 0.289. The second-order valence-corrected chi connectivity index (χ2v) is 10.5. The lowest BCUT2D eigenvalue weighted by atomic mass is 9.48. The molecular weight excluding hydrogens is 484 g/mol. The molecule has 4 atom stereocenters. The van der Waals surface area contributed by atoms with Gasteiger partial charge in [-0.3, -0.25) is 19.2 Å². The molecule has 1 aromatic heterocycles. The summed E-state index contributed by atoms with van der Waals surface area (Å²) in [6.07, 6.45) is 2.77. The predicted octanol–water partition coefficient (Wildman–Crippen LogP) is 1.33. The van der Waals surface area contributed by atoms with E-state index in [0.717, 1.165) is 17.9 Å². The number of carbonyl (C=O) groups is 4. The summed E-state index contributed by atoms with van der Waals surface area (Å²) in [6, 6.07) is 7.03. The van der Waals surface area contributed by atoms with Crippen molar-refractivity contribution in [3.05, 3.63) is 53.0 Å². The number of amides is 1. The smallest absolute Gasteiger partial charge is 0.314 e. The van der Waals surface area contributed by atoms with E-state index in [1.54, 1.807) is 12.3 Å². The Morgan fingerprint density at radius 2 is 1.86 bits per heavy atom. The van der Waals surface area contributed by atoms with Crippen molar-refractivity contribution in [1.29, 1.82) is 0 Å². The highest BCUT2D eigenvalue weighted by Gasteiger charge is 2.70. The molecule has 2 aliphatic carbocycles. The third kappa shape index (κ3) is 4.38. The van der Waals surface area contributed by atoms with Gasteiger partial charge in [0.1, 0.15) is 36.1 Å². The van der Waals surface area contributed by atoms with Gasteiger partial charge in [0.05, 0.1) is 25.4 Å². The Morgan fingerprint density at radius 3 is 2.43 bits per heavy atom. The highest BCUT2D eigenvalue weighted by molar-refractivity contribution is 5.96. The minimum atomic E-state index is -1.31. The Morgan fingerprint density at radius 1 is 1.16 bits per heavy atom. The molecule has 11 heteroatoms. The largest absolute Gasteiger partial charge is 0.507 e. The van der Waals surface area contributed by atoms with Crippen LogP contribution >= 0.6 is 0 Å². The molecule has 1 aromatic carbocycles. The van der Waals surface area contributed by atoms with Crippen molar-refractivity contribution in [3.63, 3.8) is 0 Å². The summed E-state index contributed by atoms with van der Waals surface area (Å²) in [5, 5.41) is 38.7. The number of carbonyl (C=O) groups excluding carboxylic acids is 2. The van der Waals surface area contributed by atoms with Crippen LogP contribution in [0, 0.1) is 0 Å². The number of ketones is 1. The summed E-state index contributed by atoms with van der Waals surface area (Å²) in [5.41, 5.74) is 4.88. The number of aliphatic carboxylic acids is 2. The van der Waals surface area contributed by atoms with E-state index in [9.17, 15) is 29.4 Å². The third-order valence-corrected chi connectivity index (χ3v) is 8.29. The zero-order valence-corrected chi connectivity index (χ0v) is 20.5. The van der Waals surface area contributed by atoms with E-state index >= 15 is 0 Å². The zero-order chi connectivity index (χ0) is 27.2. The number of rotatable bonds is 5. The van der Waals surface area contributed by atoms with Gasteiger partial charge in [-0.25, -0.2) is 0 Å². The number of primary amides is 1. The number of aliphatic hydroxyl groups is 1. The molecule has 2 bridgehead atoms. The molecule has 2 aromatic rings. The normalized spacial score (nSPS) is 29.8. The molecule has 3 aliphatic rings. The van der Waals surface area contributed by atoms with E-state index in [2.05, 4.69) is 7.05 Å². The SMILES string of the molecule is C[N+]1(Cc2ccco2)CC[C@]23CC(=O)CC[C@@]2(O)[C@H]1Cc1ccc(C(N)=O)c(O)c13.O=C(O)CC(=O)O. The lowest BCUT2D eigenvalue weighted by Gasteiger charge is -2.64. The second kappa shape index (κ2) is 9.31. The van der Waals surface area contributed by atoms with Crippen LogP contribution in [-0.4, -0.2) is 73.8 Å². The number of aromatic hydroxyl groups is 1. The third-order valence-electron chi connectivity index (χ3n) is 8.29. The van der Waals surface area contributed by atoms with Crippen molar-refractivity contribution >= 4 is 23.6 Å². The van der Waals surface area contributed by atoms with Gasteiger partial charge in [-0.15, -0.1) is 0 Å². The fraction of sp³-hybridized carbons (Fsp3) is 0.462. The molecule has 1 saturated heterocycles. The van der Waals surface area contributed by atoms with Crippen LogP contribution in [0.15, 0.2) is 34.9 Å². The fourth-order valence-electron chi connectivity index (χ4n) is 6.70. The van der Waals surface area contributed by atoms with Crippen LogP contribution in [0.5, 0.6) is 5.75 Å². The van der Waals surface area contributed by atoms with Gasteiger partial charge in [0.15, 0.2) is 5.76 Å². The number of nitrogens with zero attached hydrogens (tertiary/aromatic N) is 1. The minimum Gasteiger partial charge on any atom is -0.507 e. The van der Waals surface area contributed by atoms with Crippen LogP contribution in [-0.2, 0) is 32.8 Å². The number of carboxylic acid groups (broad SMARTS) is 2. The van der Waals surface area contributed by atoms with Crippen LogP contribution in [0.3, 0.4) is 0 Å². The molecule has 37 heavy (non-hydrogen) atoms. The molecule has 6 N–H and O–H groups in total. The lowest BCUT2D eigenvalue weighted by Crippen LogP contribution is -2.77. The molecule has 1 saturated carbocycles. The second-order valence-electron chi connectivity index (χ2n) is 10.5. The van der Waals surface area contributed by atoms with Crippen molar-refractivity contribution in [2.75, 3.05) is 13.6 Å². The number of fused-ring (bicyclic) bond motifs is 1. The predicted molar refractivity (Wildman–Crippen MR) is 128 cm³/mol. The fourth-order valence-corrected chi connectivity index (χ4v) is 6.70. The van der Waals surface area contributed by atoms with Crippen LogP contribution in [0.4, 0.5) is 0 Å². The van der Waals surface area contributed by atoms with Gasteiger partial charge < -0.3 is 35.1 Å². The first kappa shape index (κ1) is 26.4. The van der Waals surface area contributed by atoms with Gasteiger partial charge >= 0.3 is 11.9 Å². The van der Waals surface area contributed by atoms with Crippen molar-refractivity contribution in [1.82, 2.24) is 0 Å². The number of quaternary nitrogens is 1. The number of hydrogen-bond donors (Lipinski definition) is 5.